The molecule has 3 rings (SSSR count). The Morgan fingerprint density at radius 1 is 0.963 bits per heavy atom. The zero-order chi connectivity index (χ0) is 19.6. The molecule has 0 amide bonds. The minimum Gasteiger partial charge on any atom is -0.423 e. The zero-order valence-corrected chi connectivity index (χ0v) is 16.6. The van der Waals surface area contributed by atoms with Gasteiger partial charge in [-0.2, -0.15) is 4.31 Å². The Morgan fingerprint density at radius 3 is 2.33 bits per heavy atom. The van der Waals surface area contributed by atoms with E-state index in [2.05, 4.69) is 4.90 Å². The number of carbonyl (C=O) groups is 1. The molecule has 2 aromatic rings. The molecule has 1 heterocycles. The Hall–Kier alpha value is -2.22. The normalized spacial score (nSPS) is 16.3. The van der Waals surface area contributed by atoms with Crippen molar-refractivity contribution in [3.8, 4) is 5.75 Å². The number of ether oxygens (including phenoxy) is 1. The smallest absolute Gasteiger partial charge is 0.343 e. The van der Waals surface area contributed by atoms with Gasteiger partial charge in [0.05, 0.1) is 10.5 Å². The van der Waals surface area contributed by atoms with Crippen LogP contribution >= 0.6 is 0 Å². The fourth-order valence-corrected chi connectivity index (χ4v) is 4.37. The fourth-order valence-electron chi connectivity index (χ4n) is 2.90. The molecule has 6 nitrogen and oxygen atoms in total. The van der Waals surface area contributed by atoms with Gasteiger partial charge in [0.15, 0.2) is 0 Å². The van der Waals surface area contributed by atoms with Crippen LogP contribution in [-0.4, -0.2) is 56.8 Å². The molecule has 1 aliphatic heterocycles. The predicted octanol–water partition coefficient (Wildman–Crippen LogP) is 2.46. The second-order valence-electron chi connectivity index (χ2n) is 6.87. The van der Waals surface area contributed by atoms with Gasteiger partial charge in [-0.3, -0.25) is 0 Å². The van der Waals surface area contributed by atoms with E-state index in [1.165, 1.54) is 16.4 Å². The molecule has 144 valence electrons. The predicted molar refractivity (Wildman–Crippen MR) is 104 cm³/mol. The lowest BCUT2D eigenvalue weighted by atomic mass is 10.1. The number of hydrogen-bond donors (Lipinski definition) is 0. The molecule has 0 bridgehead atoms. The van der Waals surface area contributed by atoms with Crippen LogP contribution in [0, 0.1) is 13.8 Å². The average molecular weight is 388 g/mol. The topological polar surface area (TPSA) is 66.9 Å². The van der Waals surface area contributed by atoms with Gasteiger partial charge in [0.25, 0.3) is 0 Å². The van der Waals surface area contributed by atoms with Crippen molar-refractivity contribution < 1.29 is 17.9 Å². The van der Waals surface area contributed by atoms with Crippen molar-refractivity contribution in [2.75, 3.05) is 33.2 Å². The highest BCUT2D eigenvalue weighted by Crippen LogP contribution is 2.21. The highest BCUT2D eigenvalue weighted by molar-refractivity contribution is 7.89. The number of esters is 1. The summed E-state index contributed by atoms with van der Waals surface area (Å²) in [5.41, 5.74) is 2.34. The molecule has 0 radical (unpaired) electrons. The largest absolute Gasteiger partial charge is 0.423 e. The maximum absolute atomic E-state index is 12.9. The number of hydrogen-bond acceptors (Lipinski definition) is 5. The first kappa shape index (κ1) is 19.5. The Bertz CT molecular complexity index is 948. The average Bonchev–Trinajstić information content (AvgIpc) is 2.65. The third kappa shape index (κ3) is 4.37. The van der Waals surface area contributed by atoms with E-state index in [0.29, 0.717) is 31.9 Å². The van der Waals surface area contributed by atoms with E-state index in [4.69, 9.17) is 4.74 Å². The van der Waals surface area contributed by atoms with Crippen LogP contribution in [0.4, 0.5) is 0 Å². The summed E-state index contributed by atoms with van der Waals surface area (Å²) in [4.78, 5) is 14.7. The summed E-state index contributed by atoms with van der Waals surface area (Å²) >= 11 is 0. The standard InChI is InChI=1S/C20H24N2O4S/c1-15-7-8-18(13-16(15)2)26-20(23)17-5-4-6-19(14-17)27(24,25)22-11-9-21(3)10-12-22/h4-8,13-14H,9-12H2,1-3H3. The third-order valence-corrected chi connectivity index (χ3v) is 6.75. The summed E-state index contributed by atoms with van der Waals surface area (Å²) in [6.45, 7) is 6.18. The van der Waals surface area contributed by atoms with E-state index in [9.17, 15) is 13.2 Å². The number of nitrogens with zero attached hydrogens (tertiary/aromatic N) is 2. The molecule has 0 saturated carbocycles. The van der Waals surface area contributed by atoms with E-state index in [-0.39, 0.29) is 10.5 Å². The first-order valence-electron chi connectivity index (χ1n) is 8.85. The first-order chi connectivity index (χ1) is 12.8. The van der Waals surface area contributed by atoms with Crippen molar-refractivity contribution in [3.05, 3.63) is 59.2 Å². The van der Waals surface area contributed by atoms with Gasteiger partial charge in [0, 0.05) is 26.2 Å². The van der Waals surface area contributed by atoms with Crippen molar-refractivity contribution in [1.82, 2.24) is 9.21 Å². The fraction of sp³-hybridized carbons (Fsp3) is 0.350. The van der Waals surface area contributed by atoms with E-state index < -0.39 is 16.0 Å². The van der Waals surface area contributed by atoms with Gasteiger partial charge in [-0.05, 0) is 62.4 Å². The number of carbonyl (C=O) groups excluding carboxylic acids is 1. The van der Waals surface area contributed by atoms with E-state index in [1.807, 2.05) is 27.0 Å². The molecular weight excluding hydrogens is 364 g/mol. The molecule has 2 aromatic carbocycles. The number of likely N-dealkylation sites (N-methyl/N-ethyl adjacent to an activating group) is 1. The van der Waals surface area contributed by atoms with Crippen molar-refractivity contribution >= 4 is 16.0 Å². The highest BCUT2D eigenvalue weighted by atomic mass is 32.2. The number of sulfonamides is 1. The van der Waals surface area contributed by atoms with Crippen molar-refractivity contribution in [2.45, 2.75) is 18.7 Å². The molecule has 27 heavy (non-hydrogen) atoms. The molecule has 0 spiro atoms. The monoisotopic (exact) mass is 388 g/mol. The zero-order valence-electron chi connectivity index (χ0n) is 15.8. The van der Waals surface area contributed by atoms with E-state index in [0.717, 1.165) is 11.1 Å². The molecule has 1 fully saturated rings. The Labute approximate surface area is 160 Å². The molecule has 0 atom stereocenters. The van der Waals surface area contributed by atoms with Crippen molar-refractivity contribution in [2.24, 2.45) is 0 Å². The molecule has 0 unspecified atom stereocenters. The van der Waals surface area contributed by atoms with Crippen LogP contribution in [-0.2, 0) is 10.0 Å². The summed E-state index contributed by atoms with van der Waals surface area (Å²) in [6.07, 6.45) is 0. The molecule has 0 aliphatic carbocycles. The molecule has 1 aliphatic rings. The lowest BCUT2D eigenvalue weighted by Crippen LogP contribution is -2.47. The summed E-state index contributed by atoms with van der Waals surface area (Å²) < 4.78 is 32.6. The highest BCUT2D eigenvalue weighted by Gasteiger charge is 2.28. The number of piperazine rings is 1. The van der Waals surface area contributed by atoms with Crippen LogP contribution in [0.1, 0.15) is 21.5 Å². The summed E-state index contributed by atoms with van der Waals surface area (Å²) in [5, 5.41) is 0. The maximum Gasteiger partial charge on any atom is 0.343 e. The van der Waals surface area contributed by atoms with Crippen LogP contribution < -0.4 is 4.74 Å². The van der Waals surface area contributed by atoms with Gasteiger partial charge >= 0.3 is 5.97 Å². The summed E-state index contributed by atoms with van der Waals surface area (Å²) in [7, 11) is -1.66. The van der Waals surface area contributed by atoms with E-state index in [1.54, 1.807) is 24.3 Å². The molecule has 7 heteroatoms. The Kier molecular flexibility index (Phi) is 5.64. The first-order valence-corrected chi connectivity index (χ1v) is 10.3. The second-order valence-corrected chi connectivity index (χ2v) is 8.81. The van der Waals surface area contributed by atoms with Gasteiger partial charge in [-0.1, -0.05) is 12.1 Å². The van der Waals surface area contributed by atoms with Crippen LogP contribution in [0.25, 0.3) is 0 Å². The second kappa shape index (κ2) is 7.80. The van der Waals surface area contributed by atoms with Gasteiger partial charge in [0.2, 0.25) is 10.0 Å². The Balaban J connectivity index is 1.80. The summed E-state index contributed by atoms with van der Waals surface area (Å²) in [6, 6.07) is 11.4. The number of aryl methyl sites for hydroxylation is 2. The third-order valence-electron chi connectivity index (χ3n) is 4.86. The summed E-state index contributed by atoms with van der Waals surface area (Å²) in [5.74, 6) is -0.135. The number of benzene rings is 2. The van der Waals surface area contributed by atoms with E-state index >= 15 is 0 Å². The molecule has 0 N–H and O–H groups in total. The van der Waals surface area contributed by atoms with Crippen LogP contribution in [0.5, 0.6) is 5.75 Å². The SMILES string of the molecule is Cc1ccc(OC(=O)c2cccc(S(=O)(=O)N3CCN(C)CC3)c2)cc1C. The number of rotatable bonds is 4. The van der Waals surface area contributed by atoms with Gasteiger partial charge in [-0.25, -0.2) is 13.2 Å². The molecular formula is C20H24N2O4S. The quantitative estimate of drug-likeness (QED) is 0.595. The minimum atomic E-state index is -3.63. The lowest BCUT2D eigenvalue weighted by Gasteiger charge is -2.31. The molecule has 1 saturated heterocycles. The van der Waals surface area contributed by atoms with Gasteiger partial charge in [-0.15, -0.1) is 0 Å². The minimum absolute atomic E-state index is 0.113. The van der Waals surface area contributed by atoms with Gasteiger partial charge in [0.1, 0.15) is 5.75 Å². The van der Waals surface area contributed by atoms with Crippen LogP contribution in [0.3, 0.4) is 0 Å². The molecule has 0 aromatic heterocycles. The van der Waals surface area contributed by atoms with Crippen molar-refractivity contribution in [3.63, 3.8) is 0 Å². The van der Waals surface area contributed by atoms with Gasteiger partial charge < -0.3 is 9.64 Å². The van der Waals surface area contributed by atoms with Crippen LogP contribution in [0.2, 0.25) is 0 Å². The lowest BCUT2D eigenvalue weighted by molar-refractivity contribution is 0.0734. The van der Waals surface area contributed by atoms with Crippen LogP contribution in [0.15, 0.2) is 47.4 Å². The Morgan fingerprint density at radius 2 is 1.67 bits per heavy atom. The maximum atomic E-state index is 12.9. The van der Waals surface area contributed by atoms with Crippen molar-refractivity contribution in [1.29, 1.82) is 0 Å².